The molecule has 0 aliphatic heterocycles. The summed E-state index contributed by atoms with van der Waals surface area (Å²) in [6.45, 7) is 8.81. The highest BCUT2D eigenvalue weighted by atomic mass is 16.6. The summed E-state index contributed by atoms with van der Waals surface area (Å²) in [4.78, 5) is 24.2. The van der Waals surface area contributed by atoms with Crippen molar-refractivity contribution in [2.45, 2.75) is 47.3 Å². The van der Waals surface area contributed by atoms with Gasteiger partial charge in [-0.25, -0.2) is 0 Å². The molecule has 0 aliphatic carbocycles. The number of aromatic nitrogens is 4. The number of nitrogens with zero attached hydrogens (tertiary/aromatic N) is 6. The highest BCUT2D eigenvalue weighted by molar-refractivity contribution is 5.75. The van der Waals surface area contributed by atoms with Gasteiger partial charge in [-0.2, -0.15) is 9.78 Å². The van der Waals surface area contributed by atoms with Crippen LogP contribution in [0.2, 0.25) is 0 Å². The van der Waals surface area contributed by atoms with Crippen molar-refractivity contribution in [2.24, 2.45) is 0 Å². The maximum atomic E-state index is 12.4. The smallest absolute Gasteiger partial charge is 0.358 e. The van der Waals surface area contributed by atoms with Crippen molar-refractivity contribution in [3.8, 4) is 0 Å². The average molecular weight is 334 g/mol. The van der Waals surface area contributed by atoms with Crippen molar-refractivity contribution in [1.82, 2.24) is 24.5 Å². The van der Waals surface area contributed by atoms with E-state index in [-0.39, 0.29) is 18.3 Å². The van der Waals surface area contributed by atoms with Crippen molar-refractivity contribution in [3.05, 3.63) is 38.8 Å². The number of hydrogen-bond acceptors (Lipinski definition) is 5. The van der Waals surface area contributed by atoms with Gasteiger partial charge in [0, 0.05) is 31.4 Å². The van der Waals surface area contributed by atoms with Gasteiger partial charge in [0.05, 0.1) is 22.6 Å². The Hall–Kier alpha value is -2.71. The Morgan fingerprint density at radius 3 is 2.46 bits per heavy atom. The van der Waals surface area contributed by atoms with Gasteiger partial charge in [-0.15, -0.1) is 0 Å². The zero-order chi connectivity index (χ0) is 18.0. The fourth-order valence-electron chi connectivity index (χ4n) is 2.59. The molecular weight excluding hydrogens is 312 g/mol. The Labute approximate surface area is 140 Å². The van der Waals surface area contributed by atoms with Crippen LogP contribution in [0.1, 0.15) is 29.6 Å². The molecule has 24 heavy (non-hydrogen) atoms. The van der Waals surface area contributed by atoms with Crippen molar-refractivity contribution in [1.29, 1.82) is 0 Å². The predicted octanol–water partition coefficient (Wildman–Crippen LogP) is 1.59. The van der Waals surface area contributed by atoms with Gasteiger partial charge in [-0.3, -0.25) is 9.48 Å². The topological polar surface area (TPSA) is 99.1 Å². The summed E-state index contributed by atoms with van der Waals surface area (Å²) < 4.78 is 3.26. The zero-order valence-electron chi connectivity index (χ0n) is 14.6. The molecule has 1 amide bonds. The Kier molecular flexibility index (Phi) is 5.01. The van der Waals surface area contributed by atoms with E-state index < -0.39 is 4.92 Å². The first-order valence-corrected chi connectivity index (χ1v) is 7.70. The summed E-state index contributed by atoms with van der Waals surface area (Å²) in [6.07, 6.45) is 0. The van der Waals surface area contributed by atoms with Crippen LogP contribution in [-0.4, -0.2) is 42.3 Å². The van der Waals surface area contributed by atoms with Crippen LogP contribution in [0.5, 0.6) is 0 Å². The molecule has 9 heteroatoms. The molecule has 0 fully saturated rings. The quantitative estimate of drug-likeness (QED) is 0.590. The molecule has 0 radical (unpaired) electrons. The fourth-order valence-corrected chi connectivity index (χ4v) is 2.59. The van der Waals surface area contributed by atoms with Gasteiger partial charge in [0.25, 0.3) is 0 Å². The number of hydrogen-bond donors (Lipinski definition) is 0. The van der Waals surface area contributed by atoms with Gasteiger partial charge in [-0.1, -0.05) is 0 Å². The SMILES string of the molecule is CCn1nc(C)c(CN(C)C(=O)Cn2nc([N+](=O)[O-])cc2C)c1C. The molecule has 0 unspecified atom stereocenters. The summed E-state index contributed by atoms with van der Waals surface area (Å²) in [5.41, 5.74) is 3.55. The maximum absolute atomic E-state index is 12.4. The molecule has 0 aliphatic rings. The van der Waals surface area contributed by atoms with E-state index in [0.29, 0.717) is 12.2 Å². The van der Waals surface area contributed by atoms with Gasteiger partial charge >= 0.3 is 5.82 Å². The third-order valence-electron chi connectivity index (χ3n) is 4.09. The summed E-state index contributed by atoms with van der Waals surface area (Å²) in [5, 5.41) is 19.1. The van der Waals surface area contributed by atoms with Gasteiger partial charge in [0.2, 0.25) is 5.91 Å². The second-order valence-corrected chi connectivity index (χ2v) is 5.77. The summed E-state index contributed by atoms with van der Waals surface area (Å²) >= 11 is 0. The molecule has 0 N–H and O–H groups in total. The number of nitro groups is 1. The van der Waals surface area contributed by atoms with E-state index in [1.54, 1.807) is 18.9 Å². The molecule has 0 atom stereocenters. The number of carbonyl (C=O) groups is 1. The van der Waals surface area contributed by atoms with Crippen molar-refractivity contribution in [3.63, 3.8) is 0 Å². The summed E-state index contributed by atoms with van der Waals surface area (Å²) in [6, 6.07) is 1.35. The molecule has 0 aromatic carbocycles. The average Bonchev–Trinajstić information content (AvgIpc) is 3.01. The lowest BCUT2D eigenvalue weighted by molar-refractivity contribution is -0.389. The first kappa shape index (κ1) is 17.6. The lowest BCUT2D eigenvalue weighted by Crippen LogP contribution is -2.30. The predicted molar refractivity (Wildman–Crippen MR) is 87.5 cm³/mol. The van der Waals surface area contributed by atoms with Crippen LogP contribution in [0, 0.1) is 30.9 Å². The third kappa shape index (κ3) is 3.44. The molecule has 0 spiro atoms. The highest BCUT2D eigenvalue weighted by Gasteiger charge is 2.21. The zero-order valence-corrected chi connectivity index (χ0v) is 14.6. The van der Waals surface area contributed by atoms with Gasteiger partial charge in [0.15, 0.2) is 0 Å². The van der Waals surface area contributed by atoms with Crippen LogP contribution in [-0.2, 0) is 24.4 Å². The molecule has 0 saturated carbocycles. The summed E-state index contributed by atoms with van der Waals surface area (Å²) in [5.74, 6) is -0.419. The Balaban J connectivity index is 2.10. The minimum Gasteiger partial charge on any atom is -0.358 e. The van der Waals surface area contributed by atoms with Gasteiger partial charge in [0.1, 0.15) is 6.54 Å². The molecule has 2 rings (SSSR count). The van der Waals surface area contributed by atoms with E-state index in [2.05, 4.69) is 10.2 Å². The Morgan fingerprint density at radius 1 is 1.29 bits per heavy atom. The monoisotopic (exact) mass is 334 g/mol. The Bertz CT molecular complexity index is 777. The molecule has 2 heterocycles. The van der Waals surface area contributed by atoms with Crippen LogP contribution in [0.15, 0.2) is 6.07 Å². The number of rotatable bonds is 6. The maximum Gasteiger partial charge on any atom is 0.390 e. The van der Waals surface area contributed by atoms with E-state index in [9.17, 15) is 14.9 Å². The minimum absolute atomic E-state index is 0.0316. The lowest BCUT2D eigenvalue weighted by atomic mass is 10.2. The second kappa shape index (κ2) is 6.81. The van der Waals surface area contributed by atoms with Gasteiger partial charge < -0.3 is 15.0 Å². The normalized spacial score (nSPS) is 10.9. The molecule has 0 bridgehead atoms. The van der Waals surface area contributed by atoms with Crippen LogP contribution in [0.3, 0.4) is 0 Å². The van der Waals surface area contributed by atoms with Crippen molar-refractivity contribution < 1.29 is 9.72 Å². The standard InChI is InChI=1S/C15H22N6O3/c1-6-19-12(4)13(11(3)16-19)8-18(5)15(22)9-20-10(2)7-14(17-20)21(23)24/h7H,6,8-9H2,1-5H3. The molecule has 2 aromatic heterocycles. The minimum atomic E-state index is -0.566. The number of likely N-dealkylation sites (N-methyl/N-ethyl adjacent to an activating group) is 1. The number of carbonyl (C=O) groups excluding carboxylic acids is 1. The van der Waals surface area contributed by atoms with Crippen LogP contribution in [0.25, 0.3) is 0 Å². The van der Waals surface area contributed by atoms with Crippen LogP contribution in [0.4, 0.5) is 5.82 Å². The largest absolute Gasteiger partial charge is 0.390 e. The fraction of sp³-hybridized carbons (Fsp3) is 0.533. The third-order valence-corrected chi connectivity index (χ3v) is 4.09. The van der Waals surface area contributed by atoms with Gasteiger partial charge in [-0.05, 0) is 32.6 Å². The molecule has 2 aromatic rings. The van der Waals surface area contributed by atoms with E-state index in [1.807, 2.05) is 25.5 Å². The van der Waals surface area contributed by atoms with E-state index in [4.69, 9.17) is 0 Å². The van der Waals surface area contributed by atoms with E-state index >= 15 is 0 Å². The summed E-state index contributed by atoms with van der Waals surface area (Å²) in [7, 11) is 1.71. The molecule has 9 nitrogen and oxygen atoms in total. The lowest BCUT2D eigenvalue weighted by Gasteiger charge is -2.17. The molecule has 130 valence electrons. The number of aryl methyl sites for hydroxylation is 3. The van der Waals surface area contributed by atoms with E-state index in [1.165, 1.54) is 10.7 Å². The van der Waals surface area contributed by atoms with Crippen molar-refractivity contribution in [2.75, 3.05) is 7.05 Å². The first-order chi connectivity index (χ1) is 11.2. The number of amides is 1. The Morgan fingerprint density at radius 2 is 1.96 bits per heavy atom. The molecule has 0 saturated heterocycles. The molecular formula is C15H22N6O3. The second-order valence-electron chi connectivity index (χ2n) is 5.77. The van der Waals surface area contributed by atoms with E-state index in [0.717, 1.165) is 23.5 Å². The van der Waals surface area contributed by atoms with Crippen LogP contribution < -0.4 is 0 Å². The van der Waals surface area contributed by atoms with Crippen LogP contribution >= 0.6 is 0 Å². The first-order valence-electron chi connectivity index (χ1n) is 7.70. The highest BCUT2D eigenvalue weighted by Crippen LogP contribution is 2.16. The van der Waals surface area contributed by atoms with Crippen molar-refractivity contribution >= 4 is 11.7 Å².